The van der Waals surface area contributed by atoms with Crippen LogP contribution in [0.2, 0.25) is 0 Å². The highest BCUT2D eigenvalue weighted by atomic mass is 16.1. The van der Waals surface area contributed by atoms with Crippen LogP contribution in [-0.4, -0.2) is 11.7 Å². The summed E-state index contributed by atoms with van der Waals surface area (Å²) in [5.41, 5.74) is 6.14. The largest absolute Gasteiger partial charge is 0.366 e. The Hall–Kier alpha value is -1.90. The van der Waals surface area contributed by atoms with E-state index >= 15 is 0 Å². The maximum atomic E-state index is 12.3. The number of Topliss-reactive ketones (excluding diaryl/α,β-unsaturated/α-hetero) is 1. The first-order valence-corrected chi connectivity index (χ1v) is 11.2. The van der Waals surface area contributed by atoms with E-state index in [2.05, 4.69) is 19.1 Å². The van der Waals surface area contributed by atoms with Crippen LogP contribution in [0.1, 0.15) is 118 Å². The average molecular weight is 386 g/mol. The van der Waals surface area contributed by atoms with Crippen LogP contribution in [0.4, 0.5) is 0 Å². The van der Waals surface area contributed by atoms with Gasteiger partial charge >= 0.3 is 0 Å². The van der Waals surface area contributed by atoms with E-state index in [0.29, 0.717) is 17.5 Å². The molecule has 1 aromatic rings. The molecule has 28 heavy (non-hydrogen) atoms. The van der Waals surface area contributed by atoms with Gasteiger partial charge in [0.2, 0.25) is 5.91 Å². The highest BCUT2D eigenvalue weighted by Gasteiger charge is 2.13. The lowest BCUT2D eigenvalue weighted by atomic mass is 9.98. The van der Waals surface area contributed by atoms with E-state index in [-0.39, 0.29) is 5.78 Å². The molecule has 1 rings (SSSR count). The predicted octanol–water partition coefficient (Wildman–Crippen LogP) is 7.01. The Kier molecular flexibility index (Phi) is 13.9. The van der Waals surface area contributed by atoms with E-state index < -0.39 is 5.91 Å². The number of benzene rings is 1. The molecule has 0 aliphatic rings. The van der Waals surface area contributed by atoms with Gasteiger partial charge in [-0.05, 0) is 38.2 Å². The highest BCUT2D eigenvalue weighted by molar-refractivity contribution is 6.07. The van der Waals surface area contributed by atoms with Crippen molar-refractivity contribution >= 4 is 11.7 Å². The van der Waals surface area contributed by atoms with Gasteiger partial charge in [-0.15, -0.1) is 0 Å². The van der Waals surface area contributed by atoms with Crippen LogP contribution in [-0.2, 0) is 0 Å². The first-order valence-electron chi connectivity index (χ1n) is 11.2. The van der Waals surface area contributed by atoms with Gasteiger partial charge in [-0.25, -0.2) is 0 Å². The minimum Gasteiger partial charge on any atom is -0.366 e. The van der Waals surface area contributed by atoms with Gasteiger partial charge in [0.15, 0.2) is 5.78 Å². The third-order valence-electron chi connectivity index (χ3n) is 5.16. The number of rotatable bonds is 17. The molecule has 0 heterocycles. The number of unbranched alkanes of at least 4 members (excludes halogenated alkanes) is 11. The van der Waals surface area contributed by atoms with Crippen molar-refractivity contribution in [2.75, 3.05) is 0 Å². The van der Waals surface area contributed by atoms with Crippen LogP contribution in [0.3, 0.4) is 0 Å². The predicted molar refractivity (Wildman–Crippen MR) is 119 cm³/mol. The summed E-state index contributed by atoms with van der Waals surface area (Å²) in [6.07, 6.45) is 21.3. The Bertz CT molecular complexity index is 592. The third kappa shape index (κ3) is 11.1. The molecule has 0 radical (unpaired) electrons. The average Bonchev–Trinajstić information content (AvgIpc) is 2.70. The summed E-state index contributed by atoms with van der Waals surface area (Å²) in [6.45, 7) is 2.26. The van der Waals surface area contributed by atoms with Gasteiger partial charge < -0.3 is 5.73 Å². The molecule has 0 saturated heterocycles. The van der Waals surface area contributed by atoms with Crippen LogP contribution < -0.4 is 5.73 Å². The van der Waals surface area contributed by atoms with Gasteiger partial charge in [-0.1, -0.05) is 88.6 Å². The van der Waals surface area contributed by atoms with Gasteiger partial charge in [-0.2, -0.15) is 0 Å². The van der Waals surface area contributed by atoms with Gasteiger partial charge in [0.25, 0.3) is 0 Å². The van der Waals surface area contributed by atoms with E-state index in [0.717, 1.165) is 19.3 Å². The standard InChI is InChI=1S/C25H39NO2/c1-2-3-4-5-6-7-8-9-10-11-12-13-14-15-16-21-24(27)22-19-17-18-20-23(22)25(26)28/h9-10,17-20H,2-8,11-16,21H2,1H3,(H2,26,28)/b10-9-. The smallest absolute Gasteiger partial charge is 0.249 e. The van der Waals surface area contributed by atoms with E-state index in [9.17, 15) is 9.59 Å². The lowest BCUT2D eigenvalue weighted by molar-refractivity contribution is 0.0955. The Morgan fingerprint density at radius 2 is 1.25 bits per heavy atom. The van der Waals surface area contributed by atoms with E-state index in [1.807, 2.05) is 0 Å². The first kappa shape index (κ1) is 24.1. The Labute approximate surface area is 171 Å². The molecule has 3 heteroatoms. The molecule has 0 bridgehead atoms. The maximum absolute atomic E-state index is 12.3. The van der Waals surface area contributed by atoms with E-state index in [1.165, 1.54) is 64.2 Å². The van der Waals surface area contributed by atoms with Crippen LogP contribution in [0.25, 0.3) is 0 Å². The molecule has 0 aliphatic carbocycles. The fourth-order valence-electron chi connectivity index (χ4n) is 3.43. The molecule has 2 N–H and O–H groups in total. The number of hydrogen-bond acceptors (Lipinski definition) is 2. The number of nitrogens with two attached hydrogens (primary N) is 1. The van der Waals surface area contributed by atoms with Crippen LogP contribution >= 0.6 is 0 Å². The summed E-state index contributed by atoms with van der Waals surface area (Å²) in [7, 11) is 0. The fourth-order valence-corrected chi connectivity index (χ4v) is 3.43. The van der Waals surface area contributed by atoms with Crippen molar-refractivity contribution in [2.45, 2.75) is 96.8 Å². The van der Waals surface area contributed by atoms with Crippen LogP contribution in [0.15, 0.2) is 36.4 Å². The quantitative estimate of drug-likeness (QED) is 0.178. The zero-order valence-electron chi connectivity index (χ0n) is 17.8. The Balaban J connectivity index is 2.00. The molecule has 0 fully saturated rings. The molecule has 1 aromatic carbocycles. The second-order valence-electron chi connectivity index (χ2n) is 7.67. The maximum Gasteiger partial charge on any atom is 0.249 e. The van der Waals surface area contributed by atoms with E-state index in [4.69, 9.17) is 5.73 Å². The van der Waals surface area contributed by atoms with Gasteiger partial charge in [0.1, 0.15) is 0 Å². The molecule has 0 aromatic heterocycles. The second kappa shape index (κ2) is 16.1. The summed E-state index contributed by atoms with van der Waals surface area (Å²) in [5, 5.41) is 0. The number of carbonyl (C=O) groups excluding carboxylic acids is 2. The molecule has 0 saturated carbocycles. The summed E-state index contributed by atoms with van der Waals surface area (Å²) in [6, 6.07) is 6.83. The van der Waals surface area contributed by atoms with Crippen molar-refractivity contribution < 1.29 is 9.59 Å². The first-order chi connectivity index (χ1) is 13.7. The second-order valence-corrected chi connectivity index (χ2v) is 7.67. The van der Waals surface area contributed by atoms with Crippen LogP contribution in [0.5, 0.6) is 0 Å². The number of ketones is 1. The van der Waals surface area contributed by atoms with Crippen molar-refractivity contribution in [3.05, 3.63) is 47.5 Å². The minimum absolute atomic E-state index is 0.0204. The molecule has 1 amide bonds. The zero-order valence-corrected chi connectivity index (χ0v) is 17.8. The van der Waals surface area contributed by atoms with Crippen molar-refractivity contribution in [1.29, 1.82) is 0 Å². The number of amides is 1. The van der Waals surface area contributed by atoms with Crippen molar-refractivity contribution in [2.24, 2.45) is 5.73 Å². The highest BCUT2D eigenvalue weighted by Crippen LogP contribution is 2.14. The molecule has 156 valence electrons. The number of primary amides is 1. The Morgan fingerprint density at radius 3 is 1.82 bits per heavy atom. The third-order valence-corrected chi connectivity index (χ3v) is 5.16. The van der Waals surface area contributed by atoms with Gasteiger partial charge in [0.05, 0.1) is 0 Å². The van der Waals surface area contributed by atoms with Gasteiger partial charge in [-0.3, -0.25) is 9.59 Å². The van der Waals surface area contributed by atoms with Crippen molar-refractivity contribution in [3.8, 4) is 0 Å². The SMILES string of the molecule is CCCCCCCC/C=C\CCCCCCCC(=O)c1ccccc1C(N)=O. The summed E-state index contributed by atoms with van der Waals surface area (Å²) in [5.74, 6) is -0.513. The molecule has 3 nitrogen and oxygen atoms in total. The molecular formula is C25H39NO2. The van der Waals surface area contributed by atoms with Crippen molar-refractivity contribution in [1.82, 2.24) is 0 Å². The Morgan fingerprint density at radius 1 is 0.750 bits per heavy atom. The fraction of sp³-hybridized carbons (Fsp3) is 0.600. The number of carbonyl (C=O) groups is 2. The molecule has 0 aliphatic heterocycles. The molecular weight excluding hydrogens is 346 g/mol. The monoisotopic (exact) mass is 385 g/mol. The van der Waals surface area contributed by atoms with Crippen LogP contribution in [0, 0.1) is 0 Å². The molecule has 0 atom stereocenters. The topological polar surface area (TPSA) is 60.2 Å². The summed E-state index contributed by atoms with van der Waals surface area (Å²) in [4.78, 5) is 23.7. The number of hydrogen-bond donors (Lipinski definition) is 1. The molecule has 0 unspecified atom stereocenters. The summed E-state index contributed by atoms with van der Waals surface area (Å²) < 4.78 is 0. The zero-order chi connectivity index (χ0) is 20.5. The van der Waals surface area contributed by atoms with E-state index in [1.54, 1.807) is 24.3 Å². The van der Waals surface area contributed by atoms with Gasteiger partial charge in [0, 0.05) is 17.5 Å². The minimum atomic E-state index is -0.534. The van der Waals surface area contributed by atoms with Crippen molar-refractivity contribution in [3.63, 3.8) is 0 Å². The normalized spacial score (nSPS) is 11.2. The lowest BCUT2D eigenvalue weighted by Gasteiger charge is -2.05. The molecule has 0 spiro atoms. The summed E-state index contributed by atoms with van der Waals surface area (Å²) >= 11 is 0. The lowest BCUT2D eigenvalue weighted by Crippen LogP contribution is -2.16. The number of allylic oxidation sites excluding steroid dienone is 2.